The summed E-state index contributed by atoms with van der Waals surface area (Å²) in [7, 11) is 0. The fourth-order valence-corrected chi connectivity index (χ4v) is 6.09. The summed E-state index contributed by atoms with van der Waals surface area (Å²) in [5.41, 5.74) is 7.50. The third-order valence-corrected chi connectivity index (χ3v) is 8.48. The summed E-state index contributed by atoms with van der Waals surface area (Å²) in [6, 6.07) is 4.18. The molecule has 0 atom stereocenters. The van der Waals surface area contributed by atoms with Gasteiger partial charge in [0, 0.05) is 25.1 Å². The number of nitrogens with two attached hydrogens (primary N) is 1. The van der Waals surface area contributed by atoms with Gasteiger partial charge in [0.25, 0.3) is 5.91 Å². The Kier molecular flexibility index (Phi) is 5.48. The van der Waals surface area contributed by atoms with Crippen LogP contribution in [0.25, 0.3) is 11.3 Å². The number of amides is 2. The molecule has 0 radical (unpaired) electrons. The predicted octanol–water partition coefficient (Wildman–Crippen LogP) is 3.51. The number of halogens is 2. The standard InChI is InChI=1S/C24H28ClFN4O3/c25-16-11-15(1-2-17(16)26)21-20(22(27)33)18-13-29(9-10-30(18)28-21)19(32)12-23-3-6-24(14-31,7-4-23)8-5-23/h1-2,11,31H,3-10,12-14H2,(H2,27,33). The molecule has 2 amide bonds. The molecule has 176 valence electrons. The molecule has 3 aliphatic carbocycles. The molecule has 0 saturated heterocycles. The average molecular weight is 475 g/mol. The Labute approximate surface area is 196 Å². The Balaban J connectivity index is 1.37. The van der Waals surface area contributed by atoms with Crippen molar-refractivity contribution in [2.24, 2.45) is 16.6 Å². The molecule has 2 heterocycles. The van der Waals surface area contributed by atoms with Gasteiger partial charge in [0.2, 0.25) is 5.91 Å². The van der Waals surface area contributed by atoms with E-state index in [2.05, 4.69) is 5.10 Å². The van der Waals surface area contributed by atoms with Gasteiger partial charge in [-0.2, -0.15) is 5.10 Å². The van der Waals surface area contributed by atoms with Crippen LogP contribution in [0.15, 0.2) is 18.2 Å². The van der Waals surface area contributed by atoms with Crippen molar-refractivity contribution in [2.75, 3.05) is 13.2 Å². The van der Waals surface area contributed by atoms with Crippen molar-refractivity contribution in [3.8, 4) is 11.3 Å². The van der Waals surface area contributed by atoms with Crippen molar-refractivity contribution >= 4 is 23.4 Å². The minimum Gasteiger partial charge on any atom is -0.396 e. The molecule has 0 unspecified atom stereocenters. The van der Waals surface area contributed by atoms with Gasteiger partial charge in [0.1, 0.15) is 11.5 Å². The zero-order valence-electron chi connectivity index (χ0n) is 18.4. The molecule has 1 aromatic heterocycles. The van der Waals surface area contributed by atoms with Gasteiger partial charge in [-0.1, -0.05) is 11.6 Å². The number of aliphatic hydroxyl groups is 1. The molecule has 33 heavy (non-hydrogen) atoms. The van der Waals surface area contributed by atoms with E-state index in [4.69, 9.17) is 17.3 Å². The minimum atomic E-state index is -0.639. The van der Waals surface area contributed by atoms with Crippen LogP contribution in [0.3, 0.4) is 0 Å². The second kappa shape index (κ2) is 8.09. The number of aromatic nitrogens is 2. The molecular formula is C24H28ClFN4O3. The Morgan fingerprint density at radius 2 is 1.79 bits per heavy atom. The quantitative estimate of drug-likeness (QED) is 0.692. The molecule has 2 aromatic rings. The lowest BCUT2D eigenvalue weighted by atomic mass is 9.53. The molecule has 4 aliphatic rings. The Morgan fingerprint density at radius 1 is 1.12 bits per heavy atom. The first-order chi connectivity index (χ1) is 15.7. The summed E-state index contributed by atoms with van der Waals surface area (Å²) in [6.45, 7) is 1.46. The van der Waals surface area contributed by atoms with E-state index in [-0.39, 0.29) is 40.5 Å². The summed E-state index contributed by atoms with van der Waals surface area (Å²) in [4.78, 5) is 27.5. The number of primary amides is 1. The topological polar surface area (TPSA) is 101 Å². The first-order valence-electron chi connectivity index (χ1n) is 11.5. The van der Waals surface area contributed by atoms with Crippen molar-refractivity contribution in [2.45, 2.75) is 58.0 Å². The maximum Gasteiger partial charge on any atom is 0.252 e. The first kappa shape index (κ1) is 22.3. The number of carbonyl (C=O) groups excluding carboxylic acids is 2. The third-order valence-electron chi connectivity index (χ3n) is 8.19. The zero-order chi connectivity index (χ0) is 23.4. The molecule has 0 spiro atoms. The summed E-state index contributed by atoms with van der Waals surface area (Å²) >= 11 is 5.94. The average Bonchev–Trinajstić information content (AvgIpc) is 3.21. The van der Waals surface area contributed by atoms with Gasteiger partial charge in [-0.3, -0.25) is 14.3 Å². The molecular weight excluding hydrogens is 447 g/mol. The Morgan fingerprint density at radius 3 is 2.39 bits per heavy atom. The van der Waals surface area contributed by atoms with Crippen LogP contribution in [-0.2, 0) is 17.9 Å². The molecule has 6 rings (SSSR count). The van der Waals surface area contributed by atoms with Gasteiger partial charge >= 0.3 is 0 Å². The fourth-order valence-electron chi connectivity index (χ4n) is 5.91. The molecule has 3 saturated carbocycles. The van der Waals surface area contributed by atoms with Gasteiger partial charge in [-0.25, -0.2) is 4.39 Å². The third kappa shape index (κ3) is 3.83. The van der Waals surface area contributed by atoms with E-state index in [1.165, 1.54) is 18.2 Å². The fraction of sp³-hybridized carbons (Fsp3) is 0.542. The number of fused-ring (bicyclic) bond motifs is 4. The van der Waals surface area contributed by atoms with Crippen LogP contribution >= 0.6 is 11.6 Å². The molecule has 3 fully saturated rings. The second-order valence-electron chi connectivity index (χ2n) is 10.0. The van der Waals surface area contributed by atoms with Crippen LogP contribution in [0, 0.1) is 16.6 Å². The number of benzene rings is 1. The monoisotopic (exact) mass is 474 g/mol. The first-order valence-corrected chi connectivity index (χ1v) is 11.9. The SMILES string of the molecule is NC(=O)c1c(-c2ccc(F)c(Cl)c2)nn2c1CN(C(=O)CC13CCC(CO)(CC1)CC3)CC2. The molecule has 1 aliphatic heterocycles. The van der Waals surface area contributed by atoms with E-state index >= 15 is 0 Å². The minimum absolute atomic E-state index is 0.0221. The molecule has 3 N–H and O–H groups in total. The zero-order valence-corrected chi connectivity index (χ0v) is 19.2. The highest BCUT2D eigenvalue weighted by molar-refractivity contribution is 6.31. The van der Waals surface area contributed by atoms with E-state index in [1.807, 2.05) is 0 Å². The summed E-state index contributed by atoms with van der Waals surface area (Å²) in [6.07, 6.45) is 6.39. The predicted molar refractivity (Wildman–Crippen MR) is 121 cm³/mol. The maximum atomic E-state index is 13.6. The van der Waals surface area contributed by atoms with Gasteiger partial charge in [0.05, 0.1) is 29.4 Å². The lowest BCUT2D eigenvalue weighted by molar-refractivity contribution is -0.139. The number of aliphatic hydroxyl groups excluding tert-OH is 1. The Bertz CT molecular complexity index is 1110. The van der Waals surface area contributed by atoms with E-state index < -0.39 is 11.7 Å². The van der Waals surface area contributed by atoms with E-state index in [0.29, 0.717) is 36.5 Å². The van der Waals surface area contributed by atoms with Crippen LogP contribution in [0.2, 0.25) is 5.02 Å². The normalized spacial score (nSPS) is 26.3. The largest absolute Gasteiger partial charge is 0.396 e. The van der Waals surface area contributed by atoms with Crippen molar-refractivity contribution in [3.63, 3.8) is 0 Å². The van der Waals surface area contributed by atoms with Crippen LogP contribution in [0.4, 0.5) is 4.39 Å². The summed E-state index contributed by atoms with van der Waals surface area (Å²) in [5, 5.41) is 14.3. The molecule has 7 nitrogen and oxygen atoms in total. The summed E-state index contributed by atoms with van der Waals surface area (Å²) < 4.78 is 15.3. The van der Waals surface area contributed by atoms with Gasteiger partial charge in [-0.05, 0) is 67.6 Å². The van der Waals surface area contributed by atoms with Crippen molar-refractivity contribution in [3.05, 3.63) is 40.3 Å². The van der Waals surface area contributed by atoms with Gasteiger partial charge in [-0.15, -0.1) is 0 Å². The number of rotatable bonds is 5. The number of nitrogens with zero attached hydrogens (tertiary/aromatic N) is 3. The lowest BCUT2D eigenvalue weighted by Crippen LogP contribution is -2.47. The van der Waals surface area contributed by atoms with E-state index in [1.54, 1.807) is 9.58 Å². The smallest absolute Gasteiger partial charge is 0.252 e. The van der Waals surface area contributed by atoms with E-state index in [0.717, 1.165) is 38.5 Å². The van der Waals surface area contributed by atoms with Crippen LogP contribution in [0.5, 0.6) is 0 Å². The highest BCUT2D eigenvalue weighted by Crippen LogP contribution is 2.58. The van der Waals surface area contributed by atoms with Crippen molar-refractivity contribution in [1.82, 2.24) is 14.7 Å². The summed E-state index contributed by atoms with van der Waals surface area (Å²) in [5.74, 6) is -1.11. The lowest BCUT2D eigenvalue weighted by Gasteiger charge is -2.53. The number of carbonyl (C=O) groups is 2. The Hall–Kier alpha value is -2.45. The van der Waals surface area contributed by atoms with Crippen LogP contribution in [0.1, 0.15) is 61.0 Å². The highest BCUT2D eigenvalue weighted by atomic mass is 35.5. The highest BCUT2D eigenvalue weighted by Gasteiger charge is 2.49. The maximum absolute atomic E-state index is 13.6. The van der Waals surface area contributed by atoms with Crippen LogP contribution < -0.4 is 5.73 Å². The van der Waals surface area contributed by atoms with Crippen molar-refractivity contribution in [1.29, 1.82) is 0 Å². The van der Waals surface area contributed by atoms with Gasteiger partial charge in [0.15, 0.2) is 0 Å². The molecule has 2 bridgehead atoms. The molecule has 9 heteroatoms. The van der Waals surface area contributed by atoms with E-state index in [9.17, 15) is 19.1 Å². The number of hydrogen-bond acceptors (Lipinski definition) is 4. The molecule has 1 aromatic carbocycles. The van der Waals surface area contributed by atoms with Crippen molar-refractivity contribution < 1.29 is 19.1 Å². The second-order valence-corrected chi connectivity index (χ2v) is 10.4. The van der Waals surface area contributed by atoms with Crippen LogP contribution in [-0.4, -0.2) is 44.8 Å². The van der Waals surface area contributed by atoms with Gasteiger partial charge < -0.3 is 15.7 Å². The number of hydrogen-bond donors (Lipinski definition) is 2.